The molecule has 6 nitrogen and oxygen atoms in total. The summed E-state index contributed by atoms with van der Waals surface area (Å²) in [6, 6.07) is 4.66. The number of hydrogen-bond donors (Lipinski definition) is 3. The number of hydrogen-bond acceptors (Lipinski definition) is 6. The van der Waals surface area contributed by atoms with Gasteiger partial charge in [0.25, 0.3) is 0 Å². The summed E-state index contributed by atoms with van der Waals surface area (Å²) in [5.74, 6) is 2.56. The number of ether oxygens (including phenoxy) is 1. The number of nitrogen functional groups attached to an aromatic ring is 1. The third kappa shape index (κ3) is 7.11. The number of pyridine rings is 1. The second-order valence-electron chi connectivity index (χ2n) is 8.46. The quantitative estimate of drug-likeness (QED) is 0.162. The number of nitrogens with two attached hydrogens (primary N) is 1. The molecule has 2 aromatic rings. The van der Waals surface area contributed by atoms with E-state index in [4.69, 9.17) is 45.5 Å². The summed E-state index contributed by atoms with van der Waals surface area (Å²) < 4.78 is 19.9. The van der Waals surface area contributed by atoms with Gasteiger partial charge in [0.1, 0.15) is 11.9 Å². The van der Waals surface area contributed by atoms with Gasteiger partial charge in [-0.25, -0.2) is 9.37 Å². The van der Waals surface area contributed by atoms with Gasteiger partial charge in [0.15, 0.2) is 11.6 Å². The van der Waals surface area contributed by atoms with Crippen LogP contribution in [0.5, 0.6) is 5.75 Å². The molecule has 1 atom stereocenters. The van der Waals surface area contributed by atoms with Gasteiger partial charge in [0.2, 0.25) is 0 Å². The lowest BCUT2D eigenvalue weighted by molar-refractivity contribution is 0.203. The van der Waals surface area contributed by atoms with Gasteiger partial charge >= 0.3 is 0 Å². The highest BCUT2D eigenvalue weighted by Crippen LogP contribution is 2.36. The predicted molar refractivity (Wildman–Crippen MR) is 142 cm³/mol. The standard InChI is InChI=1S/C26H30Cl2FN5O/c1-3-4-5-10-34-11-8-20(9-12-34)32-16-19(14-30)18-13-23(26(31)33-15-18)35-17(2)24-21(27)6-7-22(29)25(24)28/h1,6-7,13-17,20,30,32H,4-5,8-12H2,2H3,(H2,31,33)/b19-16+,30-14?/t17-/m1/s1. The Bertz CT molecular complexity index is 1110. The Morgan fingerprint density at radius 3 is 2.86 bits per heavy atom. The maximum atomic E-state index is 14.0. The zero-order valence-corrected chi connectivity index (χ0v) is 21.2. The summed E-state index contributed by atoms with van der Waals surface area (Å²) in [5.41, 5.74) is 7.65. The highest BCUT2D eigenvalue weighted by molar-refractivity contribution is 6.36. The van der Waals surface area contributed by atoms with Crippen LogP contribution in [0.3, 0.4) is 0 Å². The summed E-state index contributed by atoms with van der Waals surface area (Å²) in [6.07, 6.45) is 13.2. The van der Waals surface area contributed by atoms with E-state index < -0.39 is 11.9 Å². The van der Waals surface area contributed by atoms with Crippen molar-refractivity contribution in [3.8, 4) is 18.1 Å². The minimum absolute atomic E-state index is 0.0981. The molecule has 0 unspecified atom stereocenters. The predicted octanol–water partition coefficient (Wildman–Crippen LogP) is 5.71. The summed E-state index contributed by atoms with van der Waals surface area (Å²) in [4.78, 5) is 6.65. The number of allylic oxidation sites excluding steroid dienone is 1. The van der Waals surface area contributed by atoms with E-state index in [0.29, 0.717) is 28.5 Å². The van der Waals surface area contributed by atoms with E-state index in [1.54, 1.807) is 19.2 Å². The number of aromatic nitrogens is 1. The SMILES string of the molecule is C#CCCCN1CCC(N/C=C(\C=N)c2cnc(N)c(O[C@H](C)c3c(Cl)ccc(F)c3Cl)c2)CC1. The largest absolute Gasteiger partial charge is 0.482 e. The van der Waals surface area contributed by atoms with Crippen LogP contribution < -0.4 is 15.8 Å². The van der Waals surface area contributed by atoms with Gasteiger partial charge in [-0.1, -0.05) is 23.2 Å². The average molecular weight is 518 g/mol. The molecule has 0 saturated carbocycles. The zero-order valence-electron chi connectivity index (χ0n) is 19.7. The first-order valence-corrected chi connectivity index (χ1v) is 12.3. The van der Waals surface area contributed by atoms with Crippen molar-refractivity contribution in [1.29, 1.82) is 5.41 Å². The van der Waals surface area contributed by atoms with Crippen molar-refractivity contribution in [2.24, 2.45) is 0 Å². The molecule has 3 rings (SSSR count). The number of unbranched alkanes of at least 4 members (excludes halogenated alkanes) is 1. The van der Waals surface area contributed by atoms with E-state index in [1.165, 1.54) is 18.3 Å². The first-order valence-electron chi connectivity index (χ1n) is 11.5. The van der Waals surface area contributed by atoms with E-state index in [-0.39, 0.29) is 15.9 Å². The number of anilines is 1. The molecule has 1 fully saturated rings. The normalized spacial score (nSPS) is 15.9. The molecule has 9 heteroatoms. The van der Waals surface area contributed by atoms with Gasteiger partial charge in [0, 0.05) is 65.9 Å². The fourth-order valence-electron chi connectivity index (χ4n) is 4.02. The van der Waals surface area contributed by atoms with E-state index in [9.17, 15) is 4.39 Å². The van der Waals surface area contributed by atoms with Gasteiger partial charge in [-0.3, -0.25) is 0 Å². The van der Waals surface area contributed by atoms with Crippen molar-refractivity contribution in [3.63, 3.8) is 0 Å². The second kappa shape index (κ2) is 12.8. The first-order chi connectivity index (χ1) is 16.8. The highest BCUT2D eigenvalue weighted by atomic mass is 35.5. The molecule has 186 valence electrons. The van der Waals surface area contributed by atoms with Crippen molar-refractivity contribution in [1.82, 2.24) is 15.2 Å². The fourth-order valence-corrected chi connectivity index (χ4v) is 4.69. The van der Waals surface area contributed by atoms with Crippen LogP contribution in [-0.2, 0) is 0 Å². The molecule has 35 heavy (non-hydrogen) atoms. The Morgan fingerprint density at radius 2 is 2.17 bits per heavy atom. The second-order valence-corrected chi connectivity index (χ2v) is 9.24. The van der Waals surface area contributed by atoms with Crippen LogP contribution in [0.2, 0.25) is 10.0 Å². The first kappa shape index (κ1) is 26.8. The Labute approximate surface area is 216 Å². The molecule has 1 saturated heterocycles. The lowest BCUT2D eigenvalue weighted by atomic mass is 10.0. The maximum Gasteiger partial charge on any atom is 0.166 e. The van der Waals surface area contributed by atoms with Gasteiger partial charge < -0.3 is 26.1 Å². The molecular weight excluding hydrogens is 488 g/mol. The number of likely N-dealkylation sites (tertiary alicyclic amines) is 1. The van der Waals surface area contributed by atoms with E-state index in [0.717, 1.165) is 45.3 Å². The maximum absolute atomic E-state index is 14.0. The fraction of sp³-hybridized carbons (Fsp3) is 0.385. The molecule has 4 N–H and O–H groups in total. The van der Waals surface area contributed by atoms with Crippen molar-refractivity contribution in [2.75, 3.05) is 25.4 Å². The van der Waals surface area contributed by atoms with Crippen molar-refractivity contribution in [2.45, 2.75) is 44.8 Å². The Morgan fingerprint density at radius 1 is 1.43 bits per heavy atom. The number of benzene rings is 1. The zero-order chi connectivity index (χ0) is 25.4. The van der Waals surface area contributed by atoms with Gasteiger partial charge in [-0.05, 0) is 50.9 Å². The molecule has 0 radical (unpaired) electrons. The third-order valence-corrected chi connectivity index (χ3v) is 6.73. The molecule has 1 aliphatic heterocycles. The van der Waals surface area contributed by atoms with Crippen LogP contribution in [0.1, 0.15) is 49.8 Å². The number of nitrogens with zero attached hydrogens (tertiary/aromatic N) is 2. The number of piperidine rings is 1. The van der Waals surface area contributed by atoms with E-state index >= 15 is 0 Å². The number of nitrogens with one attached hydrogen (secondary N) is 2. The molecule has 2 heterocycles. The molecular formula is C26H30Cl2FN5O. The summed E-state index contributed by atoms with van der Waals surface area (Å²) in [6.45, 7) is 4.76. The molecule has 1 aromatic heterocycles. The minimum atomic E-state index is -0.679. The van der Waals surface area contributed by atoms with Crippen LogP contribution in [0.25, 0.3) is 5.57 Å². The molecule has 1 aromatic carbocycles. The molecule has 0 spiro atoms. The van der Waals surface area contributed by atoms with Crippen LogP contribution in [0.15, 0.2) is 30.6 Å². The van der Waals surface area contributed by atoms with Crippen molar-refractivity contribution >= 4 is 40.8 Å². The topological polar surface area (TPSA) is 87.3 Å². The Hall–Kier alpha value is -2.79. The minimum Gasteiger partial charge on any atom is -0.482 e. The van der Waals surface area contributed by atoms with E-state index in [2.05, 4.69) is 21.1 Å². The van der Waals surface area contributed by atoms with Crippen LogP contribution in [0.4, 0.5) is 10.2 Å². The third-order valence-electron chi connectivity index (χ3n) is 6.02. The van der Waals surface area contributed by atoms with Crippen molar-refractivity contribution < 1.29 is 9.13 Å². The Balaban J connectivity index is 1.68. The molecule has 0 amide bonds. The lowest BCUT2D eigenvalue weighted by Gasteiger charge is -2.32. The van der Waals surface area contributed by atoms with Crippen LogP contribution in [0, 0.1) is 23.6 Å². The highest BCUT2D eigenvalue weighted by Gasteiger charge is 2.21. The Kier molecular flexibility index (Phi) is 9.79. The molecule has 1 aliphatic rings. The number of terminal acetylenes is 1. The van der Waals surface area contributed by atoms with Gasteiger partial charge in [0.05, 0.1) is 5.02 Å². The number of halogens is 3. The van der Waals surface area contributed by atoms with Crippen LogP contribution in [-0.4, -0.2) is 41.8 Å². The molecule has 0 bridgehead atoms. The summed E-state index contributed by atoms with van der Waals surface area (Å²) in [5, 5.41) is 11.5. The molecule has 0 aliphatic carbocycles. The van der Waals surface area contributed by atoms with Crippen LogP contribution >= 0.6 is 23.2 Å². The van der Waals surface area contributed by atoms with Gasteiger partial charge in [-0.15, -0.1) is 12.3 Å². The van der Waals surface area contributed by atoms with Crippen molar-refractivity contribution in [3.05, 3.63) is 57.6 Å². The van der Waals surface area contributed by atoms with Gasteiger partial charge in [-0.2, -0.15) is 0 Å². The average Bonchev–Trinajstić information content (AvgIpc) is 2.85. The summed E-state index contributed by atoms with van der Waals surface area (Å²) >= 11 is 12.3. The smallest absolute Gasteiger partial charge is 0.166 e. The monoisotopic (exact) mass is 517 g/mol. The van der Waals surface area contributed by atoms with E-state index in [1.807, 2.05) is 6.20 Å². The lowest BCUT2D eigenvalue weighted by Crippen LogP contribution is -2.41. The summed E-state index contributed by atoms with van der Waals surface area (Å²) in [7, 11) is 0. The number of rotatable bonds is 10.